The summed E-state index contributed by atoms with van der Waals surface area (Å²) in [5.41, 5.74) is -0.319. The number of carbonyl (C=O) groups excluding carboxylic acids is 5. The summed E-state index contributed by atoms with van der Waals surface area (Å²) in [6, 6.07) is 4.21. The van der Waals surface area contributed by atoms with Gasteiger partial charge in [-0.25, -0.2) is 0 Å². The second-order valence-electron chi connectivity index (χ2n) is 8.14. The highest BCUT2D eigenvalue weighted by atomic mass is 16.5. The minimum Gasteiger partial charge on any atom is -0.383 e. The maximum absolute atomic E-state index is 13.1. The zero-order valence-corrected chi connectivity index (χ0v) is 18.2. The minimum absolute atomic E-state index is 0.0192. The van der Waals surface area contributed by atoms with Crippen LogP contribution in [0.3, 0.4) is 0 Å². The van der Waals surface area contributed by atoms with Crippen molar-refractivity contribution in [3.05, 3.63) is 52.8 Å². The number of hydrogen-bond acceptors (Lipinski definition) is 7. The van der Waals surface area contributed by atoms with Crippen LogP contribution < -0.4 is 10.6 Å². The van der Waals surface area contributed by atoms with Crippen molar-refractivity contribution in [3.8, 4) is 0 Å². The number of ether oxygens (including phenoxy) is 1. The van der Waals surface area contributed by atoms with Crippen LogP contribution >= 0.6 is 0 Å². The van der Waals surface area contributed by atoms with Crippen molar-refractivity contribution in [3.63, 3.8) is 0 Å². The summed E-state index contributed by atoms with van der Waals surface area (Å²) in [6.45, 7) is 2.79. The van der Waals surface area contributed by atoms with Crippen molar-refractivity contribution in [2.24, 2.45) is 0 Å². The molecule has 3 heterocycles. The number of carbonyl (C=O) groups is 5. The monoisotopic (exact) mass is 453 g/mol. The van der Waals surface area contributed by atoms with E-state index in [1.807, 2.05) is 0 Å². The van der Waals surface area contributed by atoms with E-state index in [1.54, 1.807) is 24.2 Å². The zero-order chi connectivity index (χ0) is 23.8. The first kappa shape index (κ1) is 22.3. The van der Waals surface area contributed by atoms with Crippen LogP contribution in [0.25, 0.3) is 0 Å². The molecule has 2 N–H and O–H groups in total. The maximum Gasteiger partial charge on any atom is 0.262 e. The molecule has 1 aromatic heterocycles. The molecule has 1 saturated heterocycles. The molecule has 172 valence electrons. The van der Waals surface area contributed by atoms with Gasteiger partial charge in [-0.15, -0.1) is 0 Å². The molecule has 11 heteroatoms. The number of hydrogen-bond donors (Lipinski definition) is 2. The summed E-state index contributed by atoms with van der Waals surface area (Å²) in [6.07, 6.45) is 3.49. The zero-order valence-electron chi connectivity index (χ0n) is 18.2. The first-order valence-electron chi connectivity index (χ1n) is 10.4. The van der Waals surface area contributed by atoms with Gasteiger partial charge in [-0.3, -0.25) is 38.9 Å². The van der Waals surface area contributed by atoms with Gasteiger partial charge in [0.05, 0.1) is 30.5 Å². The predicted molar refractivity (Wildman–Crippen MR) is 113 cm³/mol. The molecule has 1 fully saturated rings. The number of aromatic nitrogens is 2. The molecular weight excluding hydrogens is 430 g/mol. The number of nitrogens with zero attached hydrogens (tertiary/aromatic N) is 3. The predicted octanol–water partition coefficient (Wildman–Crippen LogP) is 0.251. The number of benzene rings is 1. The van der Waals surface area contributed by atoms with E-state index in [0.29, 0.717) is 13.2 Å². The highest BCUT2D eigenvalue weighted by molar-refractivity contribution is 6.24. The standard InChI is InChI=1S/C22H23N5O6/c1-22(6-5-17(28)25-21(22)32)27-19(30)15-4-3-14(9-16(15)20(27)31)18(29)23-10-13-11-24-26(12-13)7-8-33-2/h3-4,9,11-12H,5-8,10H2,1-2H3,(H,23,29)(H,25,28,32). The van der Waals surface area contributed by atoms with Crippen molar-refractivity contribution >= 4 is 29.5 Å². The Labute approximate surface area is 189 Å². The summed E-state index contributed by atoms with van der Waals surface area (Å²) in [5, 5.41) is 9.13. The van der Waals surface area contributed by atoms with Crippen LogP contribution in [-0.2, 0) is 27.4 Å². The molecule has 1 aromatic carbocycles. The minimum atomic E-state index is -1.48. The van der Waals surface area contributed by atoms with Gasteiger partial charge in [-0.1, -0.05) is 0 Å². The lowest BCUT2D eigenvalue weighted by Crippen LogP contribution is -2.62. The van der Waals surface area contributed by atoms with Gasteiger partial charge in [-0.2, -0.15) is 5.10 Å². The lowest BCUT2D eigenvalue weighted by molar-refractivity contribution is -0.140. The Morgan fingerprint density at radius 3 is 2.70 bits per heavy atom. The average molecular weight is 453 g/mol. The molecule has 11 nitrogen and oxygen atoms in total. The smallest absolute Gasteiger partial charge is 0.262 e. The van der Waals surface area contributed by atoms with Gasteiger partial charge in [-0.05, 0) is 31.5 Å². The lowest BCUT2D eigenvalue weighted by Gasteiger charge is -2.38. The van der Waals surface area contributed by atoms with Gasteiger partial charge in [0, 0.05) is 37.4 Å². The van der Waals surface area contributed by atoms with E-state index in [-0.39, 0.29) is 36.1 Å². The molecule has 0 radical (unpaired) electrons. The molecular formula is C22H23N5O6. The van der Waals surface area contributed by atoms with Crippen LogP contribution in [0.4, 0.5) is 0 Å². The molecule has 0 spiro atoms. The number of amides is 5. The molecule has 4 rings (SSSR count). The molecule has 0 aliphatic carbocycles. The van der Waals surface area contributed by atoms with E-state index < -0.39 is 35.1 Å². The molecule has 1 atom stereocenters. The van der Waals surface area contributed by atoms with Crippen molar-refractivity contribution in [2.45, 2.75) is 38.4 Å². The van der Waals surface area contributed by atoms with Gasteiger partial charge < -0.3 is 10.1 Å². The molecule has 2 aromatic rings. The van der Waals surface area contributed by atoms with E-state index in [0.717, 1.165) is 10.5 Å². The van der Waals surface area contributed by atoms with Crippen LogP contribution in [0.2, 0.25) is 0 Å². The van der Waals surface area contributed by atoms with Crippen LogP contribution in [-0.4, -0.2) is 63.5 Å². The second-order valence-corrected chi connectivity index (χ2v) is 8.14. The van der Waals surface area contributed by atoms with Crippen LogP contribution in [0.15, 0.2) is 30.6 Å². The number of piperidine rings is 1. The Hall–Kier alpha value is -3.86. The van der Waals surface area contributed by atoms with E-state index >= 15 is 0 Å². The van der Waals surface area contributed by atoms with Gasteiger partial charge in [0.25, 0.3) is 23.6 Å². The number of fused-ring (bicyclic) bond motifs is 1. The van der Waals surface area contributed by atoms with Crippen molar-refractivity contribution in [2.75, 3.05) is 13.7 Å². The van der Waals surface area contributed by atoms with Gasteiger partial charge in [0.1, 0.15) is 5.54 Å². The van der Waals surface area contributed by atoms with E-state index in [4.69, 9.17) is 4.74 Å². The van der Waals surface area contributed by atoms with E-state index in [1.165, 1.54) is 25.1 Å². The summed E-state index contributed by atoms with van der Waals surface area (Å²) >= 11 is 0. The molecule has 1 unspecified atom stereocenters. The third kappa shape index (κ3) is 4.02. The summed E-state index contributed by atoms with van der Waals surface area (Å²) < 4.78 is 6.71. The Kier molecular flexibility index (Phi) is 5.81. The normalized spacial score (nSPS) is 20.1. The maximum atomic E-state index is 13.1. The fourth-order valence-electron chi connectivity index (χ4n) is 3.93. The molecule has 33 heavy (non-hydrogen) atoms. The fraction of sp³-hybridized carbons (Fsp3) is 0.364. The van der Waals surface area contributed by atoms with Crippen molar-refractivity contribution in [1.29, 1.82) is 0 Å². The highest BCUT2D eigenvalue weighted by Gasteiger charge is 2.52. The van der Waals surface area contributed by atoms with Crippen LogP contribution in [0, 0.1) is 0 Å². The van der Waals surface area contributed by atoms with Gasteiger partial charge in [0.2, 0.25) is 5.91 Å². The first-order valence-corrected chi connectivity index (χ1v) is 10.4. The number of rotatable bonds is 7. The third-order valence-corrected chi connectivity index (χ3v) is 5.89. The average Bonchev–Trinajstić information content (AvgIpc) is 3.35. The van der Waals surface area contributed by atoms with Crippen LogP contribution in [0.5, 0.6) is 0 Å². The fourth-order valence-corrected chi connectivity index (χ4v) is 3.93. The quantitative estimate of drug-likeness (QED) is 0.573. The highest BCUT2D eigenvalue weighted by Crippen LogP contribution is 2.34. The van der Waals surface area contributed by atoms with E-state index in [9.17, 15) is 24.0 Å². The van der Waals surface area contributed by atoms with Crippen LogP contribution in [0.1, 0.15) is 56.4 Å². The summed E-state index contributed by atoms with van der Waals surface area (Å²) in [5.74, 6) is -2.86. The molecule has 2 aliphatic rings. The molecule has 5 amide bonds. The molecule has 2 aliphatic heterocycles. The Bertz CT molecular complexity index is 1170. The SMILES string of the molecule is COCCn1cc(CNC(=O)c2ccc3c(c2)C(=O)N(C2(C)CCC(=O)NC2=O)C3=O)cn1. The summed E-state index contributed by atoms with van der Waals surface area (Å²) in [4.78, 5) is 63.5. The van der Waals surface area contributed by atoms with Gasteiger partial charge >= 0.3 is 0 Å². The van der Waals surface area contributed by atoms with Crippen molar-refractivity contribution in [1.82, 2.24) is 25.3 Å². The lowest BCUT2D eigenvalue weighted by atomic mass is 9.89. The van der Waals surface area contributed by atoms with Gasteiger partial charge in [0.15, 0.2) is 0 Å². The Balaban J connectivity index is 1.48. The molecule has 0 bridgehead atoms. The first-order chi connectivity index (χ1) is 15.7. The van der Waals surface area contributed by atoms with E-state index in [2.05, 4.69) is 15.7 Å². The second kappa shape index (κ2) is 8.58. The third-order valence-electron chi connectivity index (χ3n) is 5.89. The summed E-state index contributed by atoms with van der Waals surface area (Å²) in [7, 11) is 1.60. The number of methoxy groups -OCH3 is 1. The van der Waals surface area contributed by atoms with Crippen molar-refractivity contribution < 1.29 is 28.7 Å². The molecule has 0 saturated carbocycles. The topological polar surface area (TPSA) is 140 Å². The number of imide groups is 2. The largest absolute Gasteiger partial charge is 0.383 e. The Morgan fingerprint density at radius 1 is 1.21 bits per heavy atom. The Morgan fingerprint density at radius 2 is 1.97 bits per heavy atom. The number of nitrogens with one attached hydrogen (secondary N) is 2.